The van der Waals surface area contributed by atoms with Gasteiger partial charge in [0.2, 0.25) is 5.95 Å². The van der Waals surface area contributed by atoms with Gasteiger partial charge in [-0.25, -0.2) is 9.07 Å². The largest absolute Gasteiger partial charge is 0.494 e. The molecule has 7 heteroatoms. The number of aromatic nitrogens is 3. The lowest BCUT2D eigenvalue weighted by Crippen LogP contribution is -2.31. The molecule has 0 amide bonds. The van der Waals surface area contributed by atoms with E-state index in [0.717, 1.165) is 41.0 Å². The molecule has 0 bridgehead atoms. The number of rotatable bonds is 4. The van der Waals surface area contributed by atoms with Crippen LogP contribution in [0, 0.1) is 5.82 Å². The van der Waals surface area contributed by atoms with Crippen LogP contribution in [0.2, 0.25) is 0 Å². The van der Waals surface area contributed by atoms with Crippen molar-refractivity contribution in [2.75, 3.05) is 11.9 Å². The Morgan fingerprint density at radius 2 is 1.90 bits per heavy atom. The lowest BCUT2D eigenvalue weighted by Gasteiger charge is -2.32. The molecule has 0 radical (unpaired) electrons. The van der Waals surface area contributed by atoms with Crippen LogP contribution < -0.4 is 10.1 Å². The molecule has 1 unspecified atom stereocenters. The van der Waals surface area contributed by atoms with Crippen LogP contribution >= 0.6 is 0 Å². The molecule has 0 fully saturated rings. The van der Waals surface area contributed by atoms with Crippen LogP contribution in [0.25, 0.3) is 11.4 Å². The summed E-state index contributed by atoms with van der Waals surface area (Å²) in [6, 6.07) is 13.5. The number of nitrogens with one attached hydrogen (secondary N) is 1. The Bertz CT molecular complexity index is 1130. The van der Waals surface area contributed by atoms with Gasteiger partial charge in [-0.15, -0.1) is 5.10 Å². The Morgan fingerprint density at radius 1 is 1.13 bits per heavy atom. The summed E-state index contributed by atoms with van der Waals surface area (Å²) in [5.41, 5.74) is 3.32. The summed E-state index contributed by atoms with van der Waals surface area (Å²) in [5.74, 6) is 1.68. The Kier molecular flexibility index (Phi) is 4.58. The minimum absolute atomic E-state index is 0.132. The number of ketones is 1. The van der Waals surface area contributed by atoms with Gasteiger partial charge < -0.3 is 10.1 Å². The lowest BCUT2D eigenvalue weighted by atomic mass is 9.85. The first kappa shape index (κ1) is 18.5. The first-order valence-electron chi connectivity index (χ1n) is 10.1. The minimum atomic E-state index is -0.360. The zero-order chi connectivity index (χ0) is 20.7. The molecule has 6 nitrogen and oxygen atoms in total. The number of carbonyl (C=O) groups excluding carboxylic acids is 1. The van der Waals surface area contributed by atoms with E-state index in [2.05, 4.69) is 10.3 Å². The van der Waals surface area contributed by atoms with Gasteiger partial charge in [-0.05, 0) is 61.7 Å². The molecule has 2 aromatic carbocycles. The molecule has 0 spiro atoms. The van der Waals surface area contributed by atoms with Crippen molar-refractivity contribution < 1.29 is 13.9 Å². The Hall–Kier alpha value is -3.48. The van der Waals surface area contributed by atoms with Crippen molar-refractivity contribution in [2.24, 2.45) is 0 Å². The lowest BCUT2D eigenvalue weighted by molar-refractivity contribution is -0.116. The van der Waals surface area contributed by atoms with Gasteiger partial charge in [0, 0.05) is 23.3 Å². The topological polar surface area (TPSA) is 69.0 Å². The van der Waals surface area contributed by atoms with Gasteiger partial charge in [0.05, 0.1) is 6.61 Å². The van der Waals surface area contributed by atoms with Gasteiger partial charge in [-0.2, -0.15) is 4.98 Å². The Balaban J connectivity index is 1.62. The fourth-order valence-corrected chi connectivity index (χ4v) is 4.10. The second-order valence-electron chi connectivity index (χ2n) is 7.41. The molecule has 1 aliphatic carbocycles. The standard InChI is InChI=1S/C23H21FN4O2/c1-2-30-17-12-8-14(9-13-17)21-20-18(4-3-5-19(20)29)25-23-26-22(27-28(21)23)15-6-10-16(24)11-7-15/h6-13,21H,2-5H2,1H3,(H,25,26,27). The maximum Gasteiger partial charge on any atom is 0.226 e. The van der Waals surface area contributed by atoms with Crippen LogP contribution in [0.1, 0.15) is 37.8 Å². The highest BCUT2D eigenvalue weighted by molar-refractivity contribution is 5.99. The summed E-state index contributed by atoms with van der Waals surface area (Å²) >= 11 is 0. The molecule has 3 aromatic rings. The fraction of sp³-hybridized carbons (Fsp3) is 0.261. The van der Waals surface area contributed by atoms with Gasteiger partial charge >= 0.3 is 0 Å². The maximum atomic E-state index is 13.3. The van der Waals surface area contributed by atoms with E-state index in [0.29, 0.717) is 24.8 Å². The number of allylic oxidation sites excluding steroid dienone is 2. The van der Waals surface area contributed by atoms with Crippen molar-refractivity contribution in [1.82, 2.24) is 14.8 Å². The second kappa shape index (κ2) is 7.40. The predicted octanol–water partition coefficient (Wildman–Crippen LogP) is 4.50. The normalized spacial score (nSPS) is 17.9. The number of ether oxygens (including phenoxy) is 1. The van der Waals surface area contributed by atoms with Gasteiger partial charge in [0.25, 0.3) is 0 Å². The van der Waals surface area contributed by atoms with E-state index >= 15 is 0 Å². The van der Waals surface area contributed by atoms with E-state index in [1.807, 2.05) is 31.2 Å². The van der Waals surface area contributed by atoms with E-state index in [1.54, 1.807) is 16.8 Å². The van der Waals surface area contributed by atoms with Crippen molar-refractivity contribution in [3.63, 3.8) is 0 Å². The van der Waals surface area contributed by atoms with Crippen LogP contribution in [-0.4, -0.2) is 27.2 Å². The zero-order valence-corrected chi connectivity index (χ0v) is 16.6. The number of carbonyl (C=O) groups is 1. The summed E-state index contributed by atoms with van der Waals surface area (Å²) < 4.78 is 20.7. The van der Waals surface area contributed by atoms with Crippen LogP contribution in [0.5, 0.6) is 5.75 Å². The summed E-state index contributed by atoms with van der Waals surface area (Å²) in [4.78, 5) is 17.5. The fourth-order valence-electron chi connectivity index (χ4n) is 4.10. The van der Waals surface area contributed by atoms with E-state index < -0.39 is 0 Å². The summed E-state index contributed by atoms with van der Waals surface area (Å²) in [6.45, 7) is 2.53. The van der Waals surface area contributed by atoms with Crippen LogP contribution in [0.15, 0.2) is 59.8 Å². The number of nitrogens with zero attached hydrogens (tertiary/aromatic N) is 3. The number of benzene rings is 2. The second-order valence-corrected chi connectivity index (χ2v) is 7.41. The molecule has 1 N–H and O–H groups in total. The molecule has 30 heavy (non-hydrogen) atoms. The number of Topliss-reactive ketones (excluding diaryl/α,β-unsaturated/α-hetero) is 1. The molecule has 1 aliphatic heterocycles. The van der Waals surface area contributed by atoms with Crippen LogP contribution in [0.3, 0.4) is 0 Å². The van der Waals surface area contributed by atoms with Gasteiger partial charge in [0.15, 0.2) is 11.6 Å². The number of anilines is 1. The zero-order valence-electron chi connectivity index (χ0n) is 16.6. The highest BCUT2D eigenvalue weighted by Gasteiger charge is 2.36. The van der Waals surface area contributed by atoms with Gasteiger partial charge in [-0.1, -0.05) is 12.1 Å². The van der Waals surface area contributed by atoms with Crippen molar-refractivity contribution in [3.8, 4) is 17.1 Å². The molecule has 0 saturated carbocycles. The molecular weight excluding hydrogens is 383 g/mol. The van der Waals surface area contributed by atoms with Gasteiger partial charge in [-0.3, -0.25) is 4.79 Å². The first-order chi connectivity index (χ1) is 14.6. The molecule has 2 heterocycles. The van der Waals surface area contributed by atoms with Crippen molar-refractivity contribution in [2.45, 2.75) is 32.2 Å². The SMILES string of the molecule is CCOc1ccc(C2C3=C(CCCC3=O)Nc3nc(-c4ccc(F)cc4)nn32)cc1. The molecule has 152 valence electrons. The third-order valence-corrected chi connectivity index (χ3v) is 5.48. The van der Waals surface area contributed by atoms with E-state index in [1.165, 1.54) is 12.1 Å². The minimum Gasteiger partial charge on any atom is -0.494 e. The summed E-state index contributed by atoms with van der Waals surface area (Å²) in [6.07, 6.45) is 2.15. The summed E-state index contributed by atoms with van der Waals surface area (Å²) in [7, 11) is 0. The molecule has 0 saturated heterocycles. The highest BCUT2D eigenvalue weighted by Crippen LogP contribution is 2.40. The smallest absolute Gasteiger partial charge is 0.226 e. The molecular formula is C23H21FN4O2. The van der Waals surface area contributed by atoms with Crippen molar-refractivity contribution >= 4 is 11.7 Å². The molecule has 2 aliphatic rings. The summed E-state index contributed by atoms with van der Waals surface area (Å²) in [5, 5.41) is 8.01. The predicted molar refractivity (Wildman–Crippen MR) is 111 cm³/mol. The molecule has 5 rings (SSSR count). The first-order valence-corrected chi connectivity index (χ1v) is 10.1. The Labute approximate surface area is 173 Å². The average molecular weight is 404 g/mol. The monoisotopic (exact) mass is 404 g/mol. The number of hydrogen-bond acceptors (Lipinski definition) is 5. The maximum absolute atomic E-state index is 13.3. The van der Waals surface area contributed by atoms with Crippen molar-refractivity contribution in [3.05, 3.63) is 71.2 Å². The van der Waals surface area contributed by atoms with E-state index in [4.69, 9.17) is 9.84 Å². The Morgan fingerprint density at radius 3 is 2.63 bits per heavy atom. The van der Waals surface area contributed by atoms with Crippen LogP contribution in [0.4, 0.5) is 10.3 Å². The van der Waals surface area contributed by atoms with Crippen LogP contribution in [-0.2, 0) is 4.79 Å². The van der Waals surface area contributed by atoms with E-state index in [9.17, 15) is 9.18 Å². The third-order valence-electron chi connectivity index (χ3n) is 5.48. The average Bonchev–Trinajstić information content (AvgIpc) is 3.17. The molecule has 1 atom stereocenters. The number of hydrogen-bond donors (Lipinski definition) is 1. The third kappa shape index (κ3) is 3.16. The van der Waals surface area contributed by atoms with Crippen molar-refractivity contribution in [1.29, 1.82) is 0 Å². The van der Waals surface area contributed by atoms with Gasteiger partial charge in [0.1, 0.15) is 17.6 Å². The number of halogens is 1. The highest BCUT2D eigenvalue weighted by atomic mass is 19.1. The van der Waals surface area contributed by atoms with E-state index in [-0.39, 0.29) is 17.6 Å². The molecule has 1 aromatic heterocycles. The quantitative estimate of drug-likeness (QED) is 0.693. The number of fused-ring (bicyclic) bond motifs is 1.